The molecule has 3 heterocycles. The average Bonchev–Trinajstić information content (AvgIpc) is 3.27. The number of rotatable bonds is 3. The van der Waals surface area contributed by atoms with Crippen molar-refractivity contribution in [3.8, 4) is 22.7 Å². The molecular weight excluding hydrogens is 440 g/mol. The molecule has 0 saturated heterocycles. The third-order valence-electron chi connectivity index (χ3n) is 6.82. The fraction of sp³-hybridized carbons (Fsp3) is 0.143. The van der Waals surface area contributed by atoms with Gasteiger partial charge in [-0.3, -0.25) is 13.9 Å². The van der Waals surface area contributed by atoms with Gasteiger partial charge in [0.1, 0.15) is 5.75 Å². The quantitative estimate of drug-likeness (QED) is 0.434. The van der Waals surface area contributed by atoms with Crippen molar-refractivity contribution in [1.82, 2.24) is 13.7 Å². The van der Waals surface area contributed by atoms with Crippen LogP contribution in [0, 0.1) is 0 Å². The number of aromatic nitrogens is 3. The molecule has 0 aliphatic carbocycles. The van der Waals surface area contributed by atoms with E-state index in [-0.39, 0.29) is 17.3 Å². The standard InChI is InChI=1S/C28H24N4O3/c1-30-25-22(27(33)31(2)28(30)34)24(18-13-15-19(35-3)16-14-18)32-21-12-8-7-11-20(21)29-23(26(25)32)17-9-5-4-6-10-17/h4-16,23,29H,1-3H3/t23-/m1/s1. The van der Waals surface area contributed by atoms with Crippen molar-refractivity contribution < 1.29 is 4.74 Å². The second kappa shape index (κ2) is 7.77. The van der Waals surface area contributed by atoms with Crippen molar-refractivity contribution in [2.24, 2.45) is 14.1 Å². The Morgan fingerprint density at radius 2 is 1.51 bits per heavy atom. The van der Waals surface area contributed by atoms with E-state index in [4.69, 9.17) is 4.74 Å². The number of para-hydroxylation sites is 2. The summed E-state index contributed by atoms with van der Waals surface area (Å²) in [5.41, 5.74) is 5.33. The van der Waals surface area contributed by atoms with Crippen molar-refractivity contribution in [2.45, 2.75) is 6.04 Å². The lowest BCUT2D eigenvalue weighted by atomic mass is 9.99. The summed E-state index contributed by atoms with van der Waals surface area (Å²) in [5, 5.41) is 4.17. The average molecular weight is 465 g/mol. The van der Waals surface area contributed by atoms with Crippen molar-refractivity contribution in [3.05, 3.63) is 111 Å². The van der Waals surface area contributed by atoms with Crippen molar-refractivity contribution in [1.29, 1.82) is 0 Å². The normalized spacial score (nSPS) is 14.3. The van der Waals surface area contributed by atoms with Crippen LogP contribution >= 0.6 is 0 Å². The smallest absolute Gasteiger partial charge is 0.331 e. The molecular formula is C28H24N4O3. The second-order valence-corrected chi connectivity index (χ2v) is 8.73. The van der Waals surface area contributed by atoms with Gasteiger partial charge in [-0.05, 0) is 47.5 Å². The predicted octanol–water partition coefficient (Wildman–Crippen LogP) is 4.22. The summed E-state index contributed by atoms with van der Waals surface area (Å²) < 4.78 is 10.3. The molecule has 6 rings (SSSR count). The summed E-state index contributed by atoms with van der Waals surface area (Å²) in [4.78, 5) is 26.8. The highest BCUT2D eigenvalue weighted by molar-refractivity contribution is 5.99. The van der Waals surface area contributed by atoms with Gasteiger partial charge in [0.05, 0.1) is 46.8 Å². The lowest BCUT2D eigenvalue weighted by molar-refractivity contribution is 0.415. The number of methoxy groups -OCH3 is 1. The molecule has 1 aliphatic heterocycles. The molecule has 0 spiro atoms. The zero-order valence-electron chi connectivity index (χ0n) is 19.6. The van der Waals surface area contributed by atoms with E-state index >= 15 is 0 Å². The van der Waals surface area contributed by atoms with Crippen LogP contribution in [-0.4, -0.2) is 20.8 Å². The topological polar surface area (TPSA) is 70.2 Å². The van der Waals surface area contributed by atoms with Crippen molar-refractivity contribution in [2.75, 3.05) is 12.4 Å². The highest BCUT2D eigenvalue weighted by Gasteiger charge is 2.34. The highest BCUT2D eigenvalue weighted by Crippen LogP contribution is 2.45. The molecule has 0 fully saturated rings. The highest BCUT2D eigenvalue weighted by atomic mass is 16.5. The third kappa shape index (κ3) is 2.98. The van der Waals surface area contributed by atoms with Crippen LogP contribution in [0.3, 0.4) is 0 Å². The maximum Gasteiger partial charge on any atom is 0.331 e. The van der Waals surface area contributed by atoms with E-state index in [9.17, 15) is 9.59 Å². The van der Waals surface area contributed by atoms with E-state index in [1.807, 2.05) is 66.7 Å². The number of ether oxygens (including phenoxy) is 1. The number of benzene rings is 3. The van der Waals surface area contributed by atoms with E-state index in [0.29, 0.717) is 10.9 Å². The number of fused-ring (bicyclic) bond motifs is 5. The van der Waals surface area contributed by atoms with Crippen LogP contribution in [0.1, 0.15) is 17.3 Å². The van der Waals surface area contributed by atoms with E-state index in [1.165, 1.54) is 11.6 Å². The molecule has 2 aromatic heterocycles. The molecule has 7 nitrogen and oxygen atoms in total. The van der Waals surface area contributed by atoms with Crippen LogP contribution in [0.15, 0.2) is 88.5 Å². The number of anilines is 1. The fourth-order valence-electron chi connectivity index (χ4n) is 5.14. The molecule has 0 unspecified atom stereocenters. The first-order valence-corrected chi connectivity index (χ1v) is 11.4. The maximum atomic E-state index is 13.7. The number of nitrogens with zero attached hydrogens (tertiary/aromatic N) is 3. The van der Waals surface area contributed by atoms with E-state index in [0.717, 1.165) is 39.6 Å². The summed E-state index contributed by atoms with van der Waals surface area (Å²) in [6.45, 7) is 0. The molecule has 0 radical (unpaired) electrons. The van der Waals surface area contributed by atoms with E-state index in [1.54, 1.807) is 18.7 Å². The Hall–Kier alpha value is -4.52. The lowest BCUT2D eigenvalue weighted by Crippen LogP contribution is -2.37. The molecule has 1 atom stereocenters. The van der Waals surface area contributed by atoms with Crippen LogP contribution in [0.25, 0.3) is 27.8 Å². The largest absolute Gasteiger partial charge is 0.497 e. The zero-order valence-corrected chi connectivity index (χ0v) is 19.6. The van der Waals surface area contributed by atoms with Gasteiger partial charge in [-0.2, -0.15) is 0 Å². The van der Waals surface area contributed by atoms with Gasteiger partial charge in [0.2, 0.25) is 0 Å². The Bertz CT molecular complexity index is 1710. The molecule has 0 amide bonds. The van der Waals surface area contributed by atoms with Crippen LogP contribution < -0.4 is 21.3 Å². The summed E-state index contributed by atoms with van der Waals surface area (Å²) in [7, 11) is 4.88. The Kier molecular flexibility index (Phi) is 4.67. The van der Waals surface area contributed by atoms with Gasteiger partial charge >= 0.3 is 5.69 Å². The predicted molar refractivity (Wildman–Crippen MR) is 138 cm³/mol. The van der Waals surface area contributed by atoms with Gasteiger partial charge in [-0.15, -0.1) is 0 Å². The Labute approximate surface area is 201 Å². The molecule has 0 saturated carbocycles. The molecule has 35 heavy (non-hydrogen) atoms. The Morgan fingerprint density at radius 3 is 2.23 bits per heavy atom. The maximum absolute atomic E-state index is 13.7. The zero-order chi connectivity index (χ0) is 24.3. The Balaban J connectivity index is 1.84. The number of hydrogen-bond acceptors (Lipinski definition) is 4. The minimum Gasteiger partial charge on any atom is -0.497 e. The molecule has 3 aromatic carbocycles. The molecule has 174 valence electrons. The minimum atomic E-state index is -0.358. The van der Waals surface area contributed by atoms with Gasteiger partial charge < -0.3 is 14.6 Å². The molecule has 1 aliphatic rings. The third-order valence-corrected chi connectivity index (χ3v) is 6.82. The minimum absolute atomic E-state index is 0.265. The summed E-state index contributed by atoms with van der Waals surface area (Å²) >= 11 is 0. The van der Waals surface area contributed by atoms with Crippen molar-refractivity contribution in [3.63, 3.8) is 0 Å². The van der Waals surface area contributed by atoms with Gasteiger partial charge in [-0.1, -0.05) is 42.5 Å². The first-order valence-electron chi connectivity index (χ1n) is 11.4. The fourth-order valence-corrected chi connectivity index (χ4v) is 5.14. The molecule has 7 heteroatoms. The molecule has 5 aromatic rings. The second-order valence-electron chi connectivity index (χ2n) is 8.73. The van der Waals surface area contributed by atoms with Gasteiger partial charge in [0, 0.05) is 14.1 Å². The summed E-state index contributed by atoms with van der Waals surface area (Å²) in [6, 6.07) is 25.5. The number of aryl methyl sites for hydroxylation is 1. The van der Waals surface area contributed by atoms with Crippen LogP contribution in [0.5, 0.6) is 5.75 Å². The van der Waals surface area contributed by atoms with Gasteiger partial charge in [-0.25, -0.2) is 4.79 Å². The first kappa shape index (κ1) is 21.0. The summed E-state index contributed by atoms with van der Waals surface area (Å²) in [5.74, 6) is 0.730. The first-order chi connectivity index (χ1) is 17.0. The van der Waals surface area contributed by atoms with Crippen LogP contribution in [0.2, 0.25) is 0 Å². The lowest BCUT2D eigenvalue weighted by Gasteiger charge is -2.31. The number of hydrogen-bond donors (Lipinski definition) is 1. The molecule has 0 bridgehead atoms. The number of nitrogens with one attached hydrogen (secondary N) is 1. The Morgan fingerprint density at radius 1 is 0.829 bits per heavy atom. The van der Waals surface area contributed by atoms with Crippen LogP contribution in [0.4, 0.5) is 5.69 Å². The van der Waals surface area contributed by atoms with Gasteiger partial charge in [0.25, 0.3) is 5.56 Å². The van der Waals surface area contributed by atoms with E-state index in [2.05, 4.69) is 22.0 Å². The summed E-state index contributed by atoms with van der Waals surface area (Å²) in [6.07, 6.45) is 0. The monoisotopic (exact) mass is 464 g/mol. The SMILES string of the molecule is COc1ccc(-c2c3c(=O)n(C)c(=O)n(C)c3c3n2-c2ccccc2N[C@@H]3c2ccccc2)cc1. The van der Waals surface area contributed by atoms with Crippen LogP contribution in [-0.2, 0) is 14.1 Å². The molecule has 1 N–H and O–H groups in total. The van der Waals surface area contributed by atoms with Gasteiger partial charge in [0.15, 0.2) is 0 Å². The van der Waals surface area contributed by atoms with Crippen molar-refractivity contribution >= 4 is 16.6 Å². The van der Waals surface area contributed by atoms with E-state index < -0.39 is 0 Å².